The molecule has 0 aliphatic rings. The lowest BCUT2D eigenvalue weighted by Gasteiger charge is -2.17. The van der Waals surface area contributed by atoms with E-state index in [2.05, 4.69) is 0 Å². The Balaban J connectivity index is 1.94. The van der Waals surface area contributed by atoms with Crippen molar-refractivity contribution in [3.8, 4) is 11.5 Å². The molecule has 0 aliphatic heterocycles. The Morgan fingerprint density at radius 1 is 1.04 bits per heavy atom. The highest BCUT2D eigenvalue weighted by Gasteiger charge is 2.16. The van der Waals surface area contributed by atoms with Crippen molar-refractivity contribution in [2.24, 2.45) is 0 Å². The number of amides is 1. The monoisotopic (exact) mass is 425 g/mol. The van der Waals surface area contributed by atoms with Crippen LogP contribution < -0.4 is 9.47 Å². The van der Waals surface area contributed by atoms with Crippen molar-refractivity contribution < 1.29 is 23.8 Å². The van der Waals surface area contributed by atoms with E-state index in [0.717, 1.165) is 5.56 Å². The molecule has 0 fully saturated rings. The van der Waals surface area contributed by atoms with Gasteiger partial charge in [0.2, 0.25) is 0 Å². The van der Waals surface area contributed by atoms with Gasteiger partial charge in [0, 0.05) is 13.6 Å². The Hall–Kier alpha value is -2.44. The van der Waals surface area contributed by atoms with Gasteiger partial charge in [-0.05, 0) is 42.8 Å². The molecule has 0 saturated carbocycles. The first kappa shape index (κ1) is 21.9. The summed E-state index contributed by atoms with van der Waals surface area (Å²) in [7, 11) is 3.09. The summed E-state index contributed by atoms with van der Waals surface area (Å²) in [5.74, 6) is -0.0340. The summed E-state index contributed by atoms with van der Waals surface area (Å²) in [6.07, 6.45) is 0. The maximum atomic E-state index is 12.2. The molecule has 0 N–H and O–H groups in total. The minimum absolute atomic E-state index is 0.264. The number of benzene rings is 2. The molecule has 0 saturated heterocycles. The molecule has 8 heteroatoms. The largest absolute Gasteiger partial charge is 0.493 e. The third kappa shape index (κ3) is 5.78. The van der Waals surface area contributed by atoms with E-state index in [1.54, 1.807) is 37.4 Å². The smallest absolute Gasteiger partial charge is 0.338 e. The zero-order chi connectivity index (χ0) is 20.7. The maximum absolute atomic E-state index is 12.2. The lowest BCUT2D eigenvalue weighted by Crippen LogP contribution is -2.30. The number of esters is 1. The number of halogens is 2. The molecule has 0 unspecified atom stereocenters. The molecule has 2 aromatic carbocycles. The molecule has 0 radical (unpaired) electrons. The van der Waals surface area contributed by atoms with Crippen molar-refractivity contribution in [1.29, 1.82) is 0 Å². The highest BCUT2D eigenvalue weighted by atomic mass is 35.5. The fourth-order valence-electron chi connectivity index (χ4n) is 2.39. The summed E-state index contributed by atoms with van der Waals surface area (Å²) < 4.78 is 15.7. The first-order valence-corrected chi connectivity index (χ1v) is 9.27. The molecule has 28 heavy (non-hydrogen) atoms. The van der Waals surface area contributed by atoms with Gasteiger partial charge in [0.1, 0.15) is 0 Å². The van der Waals surface area contributed by atoms with E-state index in [1.165, 1.54) is 18.1 Å². The Kier molecular flexibility index (Phi) is 7.96. The molecule has 6 nitrogen and oxygen atoms in total. The van der Waals surface area contributed by atoms with E-state index < -0.39 is 5.97 Å². The van der Waals surface area contributed by atoms with Gasteiger partial charge in [-0.15, -0.1) is 0 Å². The number of nitrogens with zero attached hydrogens (tertiary/aromatic N) is 1. The number of likely N-dealkylation sites (N-methyl/N-ethyl adjacent to an activating group) is 1. The number of carbonyl (C=O) groups is 2. The van der Waals surface area contributed by atoms with Crippen LogP contribution >= 0.6 is 23.2 Å². The SMILES string of the molecule is CCOc1ccc(C(=O)OCC(=O)N(C)Cc2ccc(Cl)c(Cl)c2)cc1OC. The van der Waals surface area contributed by atoms with Crippen LogP contribution in [0.15, 0.2) is 36.4 Å². The lowest BCUT2D eigenvalue weighted by atomic mass is 10.2. The van der Waals surface area contributed by atoms with Gasteiger partial charge in [-0.3, -0.25) is 4.79 Å². The lowest BCUT2D eigenvalue weighted by molar-refractivity contribution is -0.133. The van der Waals surface area contributed by atoms with Gasteiger partial charge in [-0.25, -0.2) is 4.79 Å². The van der Waals surface area contributed by atoms with Gasteiger partial charge < -0.3 is 19.1 Å². The number of hydrogen-bond acceptors (Lipinski definition) is 5. The Bertz CT molecular complexity index is 856. The molecule has 2 rings (SSSR count). The summed E-state index contributed by atoms with van der Waals surface area (Å²) in [6.45, 7) is 2.25. The second-order valence-corrected chi connectivity index (χ2v) is 6.69. The van der Waals surface area contributed by atoms with Gasteiger partial charge in [-0.1, -0.05) is 29.3 Å². The van der Waals surface area contributed by atoms with Crippen LogP contribution in [-0.4, -0.2) is 44.1 Å². The first-order valence-electron chi connectivity index (χ1n) is 8.51. The van der Waals surface area contributed by atoms with Crippen LogP contribution in [-0.2, 0) is 16.1 Å². The van der Waals surface area contributed by atoms with Gasteiger partial charge in [0.15, 0.2) is 18.1 Å². The average molecular weight is 426 g/mol. The molecule has 2 aromatic rings. The Labute approximate surface area is 173 Å². The zero-order valence-electron chi connectivity index (χ0n) is 15.8. The summed E-state index contributed by atoms with van der Waals surface area (Å²) in [5, 5.41) is 0.856. The van der Waals surface area contributed by atoms with Gasteiger partial charge in [-0.2, -0.15) is 0 Å². The third-order valence-corrected chi connectivity index (χ3v) is 4.59. The van der Waals surface area contributed by atoms with Crippen LogP contribution in [0.1, 0.15) is 22.8 Å². The molecule has 150 valence electrons. The predicted octanol–water partition coefficient (Wildman–Crippen LogP) is 4.22. The second-order valence-electron chi connectivity index (χ2n) is 5.87. The fourth-order valence-corrected chi connectivity index (χ4v) is 2.71. The van der Waals surface area contributed by atoms with Crippen LogP contribution in [0.25, 0.3) is 0 Å². The van der Waals surface area contributed by atoms with E-state index in [4.69, 9.17) is 37.4 Å². The standard InChI is InChI=1S/C20H21Cl2NO5/c1-4-27-17-8-6-14(10-18(17)26-3)20(25)28-12-19(24)23(2)11-13-5-7-15(21)16(22)9-13/h5-10H,4,11-12H2,1-3H3. The van der Waals surface area contributed by atoms with E-state index in [0.29, 0.717) is 34.7 Å². The van der Waals surface area contributed by atoms with Crippen molar-refractivity contribution in [3.05, 3.63) is 57.6 Å². The predicted molar refractivity (Wildman–Crippen MR) is 107 cm³/mol. The molecule has 0 spiro atoms. The molecule has 0 heterocycles. The van der Waals surface area contributed by atoms with E-state index in [-0.39, 0.29) is 18.1 Å². The highest BCUT2D eigenvalue weighted by Crippen LogP contribution is 2.28. The zero-order valence-corrected chi connectivity index (χ0v) is 17.3. The maximum Gasteiger partial charge on any atom is 0.338 e. The van der Waals surface area contributed by atoms with Crippen molar-refractivity contribution in [2.45, 2.75) is 13.5 Å². The Morgan fingerprint density at radius 2 is 1.79 bits per heavy atom. The Morgan fingerprint density at radius 3 is 2.43 bits per heavy atom. The number of rotatable bonds is 8. The topological polar surface area (TPSA) is 65.1 Å². The normalized spacial score (nSPS) is 10.3. The minimum Gasteiger partial charge on any atom is -0.493 e. The summed E-state index contributed by atoms with van der Waals surface area (Å²) in [5.41, 5.74) is 1.08. The average Bonchev–Trinajstić information content (AvgIpc) is 2.69. The van der Waals surface area contributed by atoms with Crippen molar-refractivity contribution in [1.82, 2.24) is 4.90 Å². The number of ether oxygens (including phenoxy) is 3. The summed E-state index contributed by atoms with van der Waals surface area (Å²) in [6, 6.07) is 9.81. The molecule has 0 aromatic heterocycles. The van der Waals surface area contributed by atoms with Crippen LogP contribution in [0, 0.1) is 0 Å². The molecule has 0 aliphatic carbocycles. The first-order chi connectivity index (χ1) is 13.3. The van der Waals surface area contributed by atoms with Crippen LogP contribution in [0.4, 0.5) is 0 Å². The number of methoxy groups -OCH3 is 1. The van der Waals surface area contributed by atoms with Crippen LogP contribution in [0.5, 0.6) is 11.5 Å². The minimum atomic E-state index is -0.627. The number of carbonyl (C=O) groups excluding carboxylic acids is 2. The van der Waals surface area contributed by atoms with E-state index >= 15 is 0 Å². The summed E-state index contributed by atoms with van der Waals surface area (Å²) in [4.78, 5) is 25.9. The van der Waals surface area contributed by atoms with Crippen LogP contribution in [0.2, 0.25) is 10.0 Å². The fraction of sp³-hybridized carbons (Fsp3) is 0.300. The van der Waals surface area contributed by atoms with Crippen molar-refractivity contribution in [2.75, 3.05) is 27.4 Å². The second kappa shape index (κ2) is 10.2. The van der Waals surface area contributed by atoms with E-state index in [9.17, 15) is 9.59 Å². The highest BCUT2D eigenvalue weighted by molar-refractivity contribution is 6.42. The van der Waals surface area contributed by atoms with Crippen molar-refractivity contribution in [3.63, 3.8) is 0 Å². The van der Waals surface area contributed by atoms with Crippen LogP contribution in [0.3, 0.4) is 0 Å². The molecular weight excluding hydrogens is 405 g/mol. The molecule has 1 amide bonds. The summed E-state index contributed by atoms with van der Waals surface area (Å²) >= 11 is 11.9. The molecule has 0 atom stereocenters. The quantitative estimate of drug-likeness (QED) is 0.592. The molecule has 0 bridgehead atoms. The third-order valence-electron chi connectivity index (χ3n) is 3.86. The van der Waals surface area contributed by atoms with Gasteiger partial charge >= 0.3 is 5.97 Å². The van der Waals surface area contributed by atoms with Gasteiger partial charge in [0.25, 0.3) is 5.91 Å². The number of hydrogen-bond donors (Lipinski definition) is 0. The van der Waals surface area contributed by atoms with Gasteiger partial charge in [0.05, 0.1) is 29.3 Å². The molecular formula is C20H21Cl2NO5. The van der Waals surface area contributed by atoms with Crippen molar-refractivity contribution >= 4 is 35.1 Å². The van der Waals surface area contributed by atoms with E-state index in [1.807, 2.05) is 6.92 Å².